The summed E-state index contributed by atoms with van der Waals surface area (Å²) in [6.07, 6.45) is 2.53. The van der Waals surface area contributed by atoms with Gasteiger partial charge in [-0.1, -0.05) is 12.1 Å². The van der Waals surface area contributed by atoms with Crippen molar-refractivity contribution in [3.63, 3.8) is 0 Å². The molecular weight excluding hydrogens is 224 g/mol. The van der Waals surface area contributed by atoms with Crippen molar-refractivity contribution in [1.82, 2.24) is 10.2 Å². The van der Waals surface area contributed by atoms with Gasteiger partial charge in [0.15, 0.2) is 0 Å². The predicted molar refractivity (Wildman–Crippen MR) is 75.0 cm³/mol. The van der Waals surface area contributed by atoms with Gasteiger partial charge in [-0.05, 0) is 63.6 Å². The molecule has 100 valence electrons. The molecule has 1 atom stereocenters. The molecule has 0 spiro atoms. The number of benzene rings is 1. The van der Waals surface area contributed by atoms with Crippen LogP contribution in [0.4, 0.5) is 0 Å². The van der Waals surface area contributed by atoms with Crippen LogP contribution in [0.3, 0.4) is 0 Å². The van der Waals surface area contributed by atoms with E-state index in [1.807, 2.05) is 6.07 Å². The Labute approximate surface area is 110 Å². The Kier molecular flexibility index (Phi) is 4.61. The van der Waals surface area contributed by atoms with Crippen LogP contribution in [-0.2, 0) is 0 Å². The molecule has 1 fully saturated rings. The average Bonchev–Trinajstić information content (AvgIpc) is 2.42. The molecule has 3 nitrogen and oxygen atoms in total. The maximum Gasteiger partial charge on any atom is 0.119 e. The summed E-state index contributed by atoms with van der Waals surface area (Å²) in [5, 5.41) is 3.48. The summed E-state index contributed by atoms with van der Waals surface area (Å²) in [6.45, 7) is 2.40. The van der Waals surface area contributed by atoms with Gasteiger partial charge in [0.05, 0.1) is 7.11 Å². The fourth-order valence-electron chi connectivity index (χ4n) is 2.87. The van der Waals surface area contributed by atoms with Crippen LogP contribution in [0.1, 0.15) is 24.4 Å². The number of ether oxygens (including phenoxy) is 1. The quantitative estimate of drug-likeness (QED) is 0.885. The highest BCUT2D eigenvalue weighted by atomic mass is 16.5. The molecule has 0 aromatic heterocycles. The molecule has 1 N–H and O–H groups in total. The van der Waals surface area contributed by atoms with Crippen molar-refractivity contribution in [1.29, 1.82) is 0 Å². The molecular formula is C15H24N2O. The summed E-state index contributed by atoms with van der Waals surface area (Å²) in [4.78, 5) is 2.41. The predicted octanol–water partition coefficient (Wildman–Crippen LogP) is 2.30. The first-order chi connectivity index (χ1) is 8.74. The molecule has 0 amide bonds. The first kappa shape index (κ1) is 13.4. The van der Waals surface area contributed by atoms with Gasteiger partial charge in [0, 0.05) is 6.04 Å². The molecule has 0 radical (unpaired) electrons. The van der Waals surface area contributed by atoms with Gasteiger partial charge >= 0.3 is 0 Å². The summed E-state index contributed by atoms with van der Waals surface area (Å²) >= 11 is 0. The van der Waals surface area contributed by atoms with Gasteiger partial charge in [-0.15, -0.1) is 0 Å². The normalized spacial score (nSPS) is 19.7. The number of hydrogen-bond acceptors (Lipinski definition) is 3. The van der Waals surface area contributed by atoms with Crippen LogP contribution in [0.15, 0.2) is 24.3 Å². The van der Waals surface area contributed by atoms with Crippen LogP contribution >= 0.6 is 0 Å². The zero-order chi connectivity index (χ0) is 13.0. The Morgan fingerprint density at radius 2 is 2.06 bits per heavy atom. The van der Waals surface area contributed by atoms with Crippen molar-refractivity contribution in [3.05, 3.63) is 29.8 Å². The molecule has 2 rings (SSSR count). The van der Waals surface area contributed by atoms with Crippen LogP contribution in [0.2, 0.25) is 0 Å². The first-order valence-electron chi connectivity index (χ1n) is 6.74. The number of methoxy groups -OCH3 is 1. The second kappa shape index (κ2) is 6.21. The minimum Gasteiger partial charge on any atom is -0.497 e. The fraction of sp³-hybridized carbons (Fsp3) is 0.600. The summed E-state index contributed by atoms with van der Waals surface area (Å²) < 4.78 is 5.32. The van der Waals surface area contributed by atoms with E-state index in [9.17, 15) is 0 Å². The van der Waals surface area contributed by atoms with E-state index in [2.05, 4.69) is 42.5 Å². The smallest absolute Gasteiger partial charge is 0.119 e. The van der Waals surface area contributed by atoms with E-state index in [0.29, 0.717) is 6.04 Å². The highest BCUT2D eigenvalue weighted by molar-refractivity contribution is 5.31. The molecule has 18 heavy (non-hydrogen) atoms. The monoisotopic (exact) mass is 248 g/mol. The molecule has 0 bridgehead atoms. The molecule has 1 unspecified atom stereocenters. The number of piperidine rings is 1. The van der Waals surface area contributed by atoms with E-state index in [1.165, 1.54) is 31.5 Å². The van der Waals surface area contributed by atoms with Gasteiger partial charge in [-0.2, -0.15) is 0 Å². The third kappa shape index (κ3) is 3.03. The van der Waals surface area contributed by atoms with Gasteiger partial charge in [0.25, 0.3) is 0 Å². The van der Waals surface area contributed by atoms with E-state index in [-0.39, 0.29) is 0 Å². The molecule has 3 heteroatoms. The Morgan fingerprint density at radius 1 is 1.33 bits per heavy atom. The zero-order valence-corrected chi connectivity index (χ0v) is 11.6. The summed E-state index contributed by atoms with van der Waals surface area (Å²) in [5.74, 6) is 1.67. The summed E-state index contributed by atoms with van der Waals surface area (Å²) in [5.41, 5.74) is 1.34. The molecule has 1 aliphatic heterocycles. The zero-order valence-electron chi connectivity index (χ0n) is 11.6. The number of nitrogens with zero attached hydrogens (tertiary/aromatic N) is 1. The lowest BCUT2D eigenvalue weighted by atomic mass is 9.85. The SMILES string of the molecule is CNC(c1cccc(OC)c1)C1CCN(C)CC1. The molecule has 1 aliphatic rings. The third-order valence-corrected chi connectivity index (χ3v) is 4.00. The standard InChI is InChI=1S/C15H24N2O/c1-16-15(12-7-9-17(2)10-8-12)13-5-4-6-14(11-13)18-3/h4-6,11-12,15-16H,7-10H2,1-3H3. The highest BCUT2D eigenvalue weighted by Crippen LogP contribution is 2.31. The summed E-state index contributed by atoms with van der Waals surface area (Å²) in [7, 11) is 5.99. The van der Waals surface area contributed by atoms with Crippen molar-refractivity contribution in [2.75, 3.05) is 34.3 Å². The molecule has 1 aromatic carbocycles. The molecule has 1 aromatic rings. The number of hydrogen-bond donors (Lipinski definition) is 1. The van der Waals surface area contributed by atoms with Gasteiger partial charge < -0.3 is 15.0 Å². The van der Waals surface area contributed by atoms with E-state index in [4.69, 9.17) is 4.74 Å². The Balaban J connectivity index is 2.11. The minimum atomic E-state index is 0.439. The number of rotatable bonds is 4. The lowest BCUT2D eigenvalue weighted by molar-refractivity contribution is 0.188. The van der Waals surface area contributed by atoms with Crippen LogP contribution in [-0.4, -0.2) is 39.2 Å². The summed E-state index contributed by atoms with van der Waals surface area (Å²) in [6, 6.07) is 8.87. The Bertz CT molecular complexity index is 373. The highest BCUT2D eigenvalue weighted by Gasteiger charge is 2.25. The van der Waals surface area contributed by atoms with Crippen LogP contribution in [0.25, 0.3) is 0 Å². The van der Waals surface area contributed by atoms with Gasteiger partial charge in [0.1, 0.15) is 5.75 Å². The average molecular weight is 248 g/mol. The van der Waals surface area contributed by atoms with Crippen molar-refractivity contribution in [2.45, 2.75) is 18.9 Å². The van der Waals surface area contributed by atoms with Crippen LogP contribution < -0.4 is 10.1 Å². The van der Waals surface area contributed by atoms with Gasteiger partial charge in [0.2, 0.25) is 0 Å². The number of nitrogens with one attached hydrogen (secondary N) is 1. The molecule has 0 saturated carbocycles. The molecule has 1 heterocycles. The lowest BCUT2D eigenvalue weighted by Crippen LogP contribution is -2.36. The van der Waals surface area contributed by atoms with E-state index in [0.717, 1.165) is 11.7 Å². The van der Waals surface area contributed by atoms with Gasteiger partial charge in [-0.3, -0.25) is 0 Å². The van der Waals surface area contributed by atoms with Crippen molar-refractivity contribution < 1.29 is 4.74 Å². The van der Waals surface area contributed by atoms with E-state index in [1.54, 1.807) is 7.11 Å². The molecule has 1 saturated heterocycles. The van der Waals surface area contributed by atoms with Crippen molar-refractivity contribution in [2.24, 2.45) is 5.92 Å². The van der Waals surface area contributed by atoms with Crippen LogP contribution in [0, 0.1) is 5.92 Å². The largest absolute Gasteiger partial charge is 0.497 e. The van der Waals surface area contributed by atoms with Gasteiger partial charge in [-0.25, -0.2) is 0 Å². The Hall–Kier alpha value is -1.06. The first-order valence-corrected chi connectivity index (χ1v) is 6.74. The lowest BCUT2D eigenvalue weighted by Gasteiger charge is -2.34. The third-order valence-electron chi connectivity index (χ3n) is 4.00. The number of likely N-dealkylation sites (tertiary alicyclic amines) is 1. The second-order valence-corrected chi connectivity index (χ2v) is 5.18. The van der Waals surface area contributed by atoms with Crippen molar-refractivity contribution >= 4 is 0 Å². The molecule has 0 aliphatic carbocycles. The van der Waals surface area contributed by atoms with Crippen LogP contribution in [0.5, 0.6) is 5.75 Å². The maximum atomic E-state index is 5.32. The maximum absolute atomic E-state index is 5.32. The fourth-order valence-corrected chi connectivity index (χ4v) is 2.87. The minimum absolute atomic E-state index is 0.439. The van der Waals surface area contributed by atoms with E-state index >= 15 is 0 Å². The topological polar surface area (TPSA) is 24.5 Å². The van der Waals surface area contributed by atoms with E-state index < -0.39 is 0 Å². The van der Waals surface area contributed by atoms with Crippen molar-refractivity contribution in [3.8, 4) is 5.75 Å². The Morgan fingerprint density at radius 3 is 2.67 bits per heavy atom. The second-order valence-electron chi connectivity index (χ2n) is 5.18.